The van der Waals surface area contributed by atoms with Gasteiger partial charge in [-0.25, -0.2) is 4.79 Å². The molecule has 1 saturated heterocycles. The Hall–Kier alpha value is -2.30. The zero-order chi connectivity index (χ0) is 25.4. The number of alkyl halides is 6. The first-order valence-corrected chi connectivity index (χ1v) is 12.1. The molecule has 3 rings (SSSR count). The van der Waals surface area contributed by atoms with E-state index in [0.29, 0.717) is 10.8 Å². The fourth-order valence-electron chi connectivity index (χ4n) is 3.56. The van der Waals surface area contributed by atoms with Gasteiger partial charge in [0.25, 0.3) is 0 Å². The van der Waals surface area contributed by atoms with Crippen molar-refractivity contribution >= 4 is 27.8 Å². The molecule has 34 heavy (non-hydrogen) atoms. The molecule has 1 aliphatic rings. The third kappa shape index (κ3) is 5.50. The number of ether oxygens (including phenoxy) is 3. The Bertz CT molecular complexity index is 1010. The molecule has 1 heterocycles. The monoisotopic (exact) mass is 511 g/mol. The van der Waals surface area contributed by atoms with E-state index in [0.717, 1.165) is 29.2 Å². The molecule has 0 aliphatic carbocycles. The van der Waals surface area contributed by atoms with Gasteiger partial charge in [0, 0.05) is 21.7 Å². The van der Waals surface area contributed by atoms with Crippen molar-refractivity contribution in [2.24, 2.45) is 0 Å². The number of carbonyl (C=O) groups excluding carboxylic acids is 1. The Balaban J connectivity index is 1.98. The van der Waals surface area contributed by atoms with Crippen LogP contribution in [0.4, 0.5) is 31.1 Å². The van der Waals surface area contributed by atoms with Gasteiger partial charge < -0.3 is 14.2 Å². The van der Waals surface area contributed by atoms with E-state index >= 15 is 0 Å². The minimum atomic E-state index is -6.02. The molecule has 0 radical (unpaired) electrons. The van der Waals surface area contributed by atoms with Gasteiger partial charge in [0.05, 0.1) is 0 Å². The van der Waals surface area contributed by atoms with Gasteiger partial charge in [0.15, 0.2) is 4.90 Å². The van der Waals surface area contributed by atoms with Crippen LogP contribution in [-0.4, -0.2) is 47.8 Å². The Morgan fingerprint density at radius 3 is 1.94 bits per heavy atom. The molecule has 0 aromatic heterocycles. The molecule has 0 atom stereocenters. The van der Waals surface area contributed by atoms with Crippen LogP contribution in [0.3, 0.4) is 0 Å². The maximum Gasteiger partial charge on any atom is 0.510 e. The van der Waals surface area contributed by atoms with Crippen molar-refractivity contribution in [3.05, 3.63) is 36.4 Å². The molecule has 2 aromatic rings. The molecule has 0 amide bonds. The number of carbonyl (C=O) groups is 1. The topological polar surface area (TPSA) is 44.8 Å². The summed E-state index contributed by atoms with van der Waals surface area (Å²) in [7, 11) is -0.0418. The number of hydrogen-bond donors (Lipinski definition) is 0. The smallest absolute Gasteiger partial charge is 0.488 e. The van der Waals surface area contributed by atoms with Crippen LogP contribution in [0.2, 0.25) is 0 Å². The molecule has 1 aliphatic heterocycles. The molecular weight excluding hydrogens is 486 g/mol. The van der Waals surface area contributed by atoms with Gasteiger partial charge in [-0.1, -0.05) is 18.2 Å². The molecule has 0 unspecified atom stereocenters. The first-order valence-electron chi connectivity index (χ1n) is 10.5. The quantitative estimate of drug-likeness (QED) is 0.252. The fourth-order valence-corrected chi connectivity index (χ4v) is 6.06. The first-order chi connectivity index (χ1) is 15.6. The summed E-state index contributed by atoms with van der Waals surface area (Å²) < 4.78 is 96.5. The zero-order valence-electron chi connectivity index (χ0n) is 18.8. The van der Waals surface area contributed by atoms with Gasteiger partial charge in [-0.2, -0.15) is 26.3 Å². The molecular formula is C23H25F6O4S+. The largest absolute Gasteiger partial charge is 0.510 e. The highest BCUT2D eigenvalue weighted by molar-refractivity contribution is 7.97. The Kier molecular flexibility index (Phi) is 7.27. The number of hydrogen-bond acceptors (Lipinski definition) is 4. The number of benzene rings is 2. The molecule has 11 heteroatoms. The zero-order valence-corrected chi connectivity index (χ0v) is 19.6. The van der Waals surface area contributed by atoms with Crippen molar-refractivity contribution in [3.63, 3.8) is 0 Å². The summed E-state index contributed by atoms with van der Waals surface area (Å²) in [4.78, 5) is 12.9. The van der Waals surface area contributed by atoms with Crippen LogP contribution in [0.5, 0.6) is 5.75 Å². The first kappa shape index (κ1) is 26.3. The summed E-state index contributed by atoms with van der Waals surface area (Å²) in [6.45, 7) is 1.83. The number of fused-ring (bicyclic) bond motifs is 1. The summed E-state index contributed by atoms with van der Waals surface area (Å²) in [6.07, 6.45) is -12.0. The Morgan fingerprint density at radius 1 is 0.853 bits per heavy atom. The second kappa shape index (κ2) is 9.39. The van der Waals surface area contributed by atoms with Crippen LogP contribution in [-0.2, 0) is 20.4 Å². The van der Waals surface area contributed by atoms with Crippen molar-refractivity contribution in [1.82, 2.24) is 0 Å². The van der Waals surface area contributed by atoms with Gasteiger partial charge in [-0.15, -0.1) is 0 Å². The van der Waals surface area contributed by atoms with Crippen LogP contribution in [0.1, 0.15) is 33.6 Å². The third-order valence-corrected chi connectivity index (χ3v) is 7.72. The van der Waals surface area contributed by atoms with E-state index in [4.69, 9.17) is 4.74 Å². The predicted molar refractivity (Wildman–Crippen MR) is 116 cm³/mol. The second-order valence-corrected chi connectivity index (χ2v) is 11.1. The average molecular weight is 512 g/mol. The van der Waals surface area contributed by atoms with E-state index in [-0.39, 0.29) is 16.6 Å². The maximum absolute atomic E-state index is 13.8. The predicted octanol–water partition coefficient (Wildman–Crippen LogP) is 6.80. The molecule has 1 fully saturated rings. The standard InChI is InChI=1S/C23H25F6O4S/c1-20(2,3)32-19(30)33-21(22(24,25)26,23(27,28)29)14-31-17-10-11-18(34-12-6-7-13-34)16-9-5-4-8-15(16)17/h4-5,8-11H,6-7,12-14H2,1-3H3/q+1. The SMILES string of the molecule is CC(C)(C)OC(=O)OC(COc1ccc([S+]2CCCC2)c2ccccc12)(C(F)(F)F)C(F)(F)F. The van der Waals surface area contributed by atoms with Gasteiger partial charge in [0.1, 0.15) is 29.5 Å². The summed E-state index contributed by atoms with van der Waals surface area (Å²) in [5.74, 6) is 1.80. The molecule has 4 nitrogen and oxygen atoms in total. The van der Waals surface area contributed by atoms with E-state index in [1.165, 1.54) is 26.8 Å². The van der Waals surface area contributed by atoms with E-state index in [2.05, 4.69) is 9.47 Å². The van der Waals surface area contributed by atoms with Crippen LogP contribution in [0, 0.1) is 0 Å². The lowest BCUT2D eigenvalue weighted by Crippen LogP contribution is -2.63. The lowest BCUT2D eigenvalue weighted by atomic mass is 10.0. The second-order valence-electron chi connectivity index (χ2n) is 8.89. The highest BCUT2D eigenvalue weighted by atomic mass is 32.2. The van der Waals surface area contributed by atoms with E-state index in [1.54, 1.807) is 30.3 Å². The minimum Gasteiger partial charge on any atom is -0.488 e. The minimum absolute atomic E-state index is 0.0418. The molecule has 0 bridgehead atoms. The summed E-state index contributed by atoms with van der Waals surface area (Å²) in [5, 5.41) is 1.10. The van der Waals surface area contributed by atoms with Gasteiger partial charge in [-0.05, 0) is 51.8 Å². The van der Waals surface area contributed by atoms with Crippen LogP contribution in [0.25, 0.3) is 10.8 Å². The van der Waals surface area contributed by atoms with E-state index in [1.807, 2.05) is 0 Å². The molecule has 188 valence electrons. The number of rotatable bonds is 5. The highest BCUT2D eigenvalue weighted by Gasteiger charge is 2.75. The summed E-state index contributed by atoms with van der Waals surface area (Å²) in [5.41, 5.74) is -6.29. The highest BCUT2D eigenvalue weighted by Crippen LogP contribution is 2.47. The normalized spacial score (nSPS) is 16.0. The molecule has 0 saturated carbocycles. The lowest BCUT2D eigenvalue weighted by Gasteiger charge is -2.36. The Labute approximate surface area is 195 Å². The fraction of sp³-hybridized carbons (Fsp3) is 0.522. The number of halogens is 6. The van der Waals surface area contributed by atoms with Crippen molar-refractivity contribution in [1.29, 1.82) is 0 Å². The van der Waals surface area contributed by atoms with Gasteiger partial charge >= 0.3 is 24.1 Å². The van der Waals surface area contributed by atoms with Gasteiger partial charge in [0.2, 0.25) is 0 Å². The van der Waals surface area contributed by atoms with Crippen LogP contribution in [0.15, 0.2) is 41.3 Å². The van der Waals surface area contributed by atoms with E-state index < -0.39 is 36.3 Å². The Morgan fingerprint density at radius 2 is 1.41 bits per heavy atom. The third-order valence-electron chi connectivity index (χ3n) is 5.18. The van der Waals surface area contributed by atoms with Gasteiger partial charge in [-0.3, -0.25) is 0 Å². The van der Waals surface area contributed by atoms with Crippen molar-refractivity contribution in [2.75, 3.05) is 18.1 Å². The summed E-state index contributed by atoms with van der Waals surface area (Å²) in [6, 6.07) is 9.76. The lowest BCUT2D eigenvalue weighted by molar-refractivity contribution is -0.374. The molecule has 0 spiro atoms. The van der Waals surface area contributed by atoms with Crippen molar-refractivity contribution in [3.8, 4) is 5.75 Å². The van der Waals surface area contributed by atoms with Crippen LogP contribution < -0.4 is 4.74 Å². The maximum atomic E-state index is 13.8. The van der Waals surface area contributed by atoms with Crippen molar-refractivity contribution < 1.29 is 45.3 Å². The summed E-state index contributed by atoms with van der Waals surface area (Å²) >= 11 is 0. The van der Waals surface area contributed by atoms with E-state index in [9.17, 15) is 31.1 Å². The average Bonchev–Trinajstić information content (AvgIpc) is 3.22. The van der Waals surface area contributed by atoms with Crippen LogP contribution >= 0.6 is 0 Å². The molecule has 2 aromatic carbocycles. The van der Waals surface area contributed by atoms with Crippen molar-refractivity contribution in [2.45, 2.75) is 62.1 Å². The molecule has 0 N–H and O–H groups in total.